The highest BCUT2D eigenvalue weighted by atomic mass is 16.3. The van der Waals surface area contributed by atoms with Gasteiger partial charge in [0.25, 0.3) is 5.91 Å². The maximum absolute atomic E-state index is 12.6. The first kappa shape index (κ1) is 17.3. The van der Waals surface area contributed by atoms with Crippen LogP contribution in [0, 0.1) is 13.8 Å². The predicted molar refractivity (Wildman–Crippen MR) is 92.7 cm³/mol. The van der Waals surface area contributed by atoms with Crippen LogP contribution >= 0.6 is 0 Å². The van der Waals surface area contributed by atoms with Crippen LogP contribution in [0.3, 0.4) is 0 Å². The van der Waals surface area contributed by atoms with Crippen molar-refractivity contribution in [1.82, 2.24) is 9.47 Å². The molecule has 4 heteroatoms. The SMILES string of the molecule is Cc1cc(C(=O)N(C)CCC(C)O)c(C)n1Cc1ccccc1. The first-order chi connectivity index (χ1) is 10.9. The molecule has 0 aliphatic heterocycles. The molecule has 4 nitrogen and oxygen atoms in total. The topological polar surface area (TPSA) is 45.5 Å². The van der Waals surface area contributed by atoms with Crippen LogP contribution in [0.5, 0.6) is 0 Å². The van der Waals surface area contributed by atoms with E-state index in [0.717, 1.165) is 23.5 Å². The quantitative estimate of drug-likeness (QED) is 0.891. The lowest BCUT2D eigenvalue weighted by Gasteiger charge is -2.18. The zero-order valence-electron chi connectivity index (χ0n) is 14.4. The molecule has 0 aliphatic rings. The lowest BCUT2D eigenvalue weighted by Crippen LogP contribution is -2.29. The van der Waals surface area contributed by atoms with E-state index in [1.165, 1.54) is 5.56 Å². The lowest BCUT2D eigenvalue weighted by atomic mass is 10.2. The van der Waals surface area contributed by atoms with Crippen LogP contribution in [-0.2, 0) is 6.54 Å². The second kappa shape index (κ2) is 7.47. The van der Waals surface area contributed by atoms with Crippen molar-refractivity contribution in [2.75, 3.05) is 13.6 Å². The van der Waals surface area contributed by atoms with Gasteiger partial charge in [0.1, 0.15) is 0 Å². The molecule has 1 heterocycles. The van der Waals surface area contributed by atoms with E-state index < -0.39 is 6.10 Å². The highest BCUT2D eigenvalue weighted by Crippen LogP contribution is 2.18. The van der Waals surface area contributed by atoms with Crippen LogP contribution in [0.25, 0.3) is 0 Å². The molecule has 0 saturated heterocycles. The second-order valence-corrected chi connectivity index (χ2v) is 6.22. The van der Waals surface area contributed by atoms with Crippen molar-refractivity contribution in [2.24, 2.45) is 0 Å². The molecule has 0 radical (unpaired) electrons. The van der Waals surface area contributed by atoms with E-state index in [-0.39, 0.29) is 5.91 Å². The number of amides is 1. The summed E-state index contributed by atoms with van der Waals surface area (Å²) in [6, 6.07) is 12.2. The van der Waals surface area contributed by atoms with Crippen molar-refractivity contribution in [1.29, 1.82) is 0 Å². The van der Waals surface area contributed by atoms with Gasteiger partial charge < -0.3 is 14.6 Å². The van der Waals surface area contributed by atoms with Gasteiger partial charge in [0.2, 0.25) is 0 Å². The largest absolute Gasteiger partial charge is 0.393 e. The van der Waals surface area contributed by atoms with Crippen LogP contribution in [0.2, 0.25) is 0 Å². The fourth-order valence-electron chi connectivity index (χ4n) is 2.71. The number of carbonyl (C=O) groups is 1. The molecule has 1 aromatic heterocycles. The summed E-state index contributed by atoms with van der Waals surface area (Å²) in [5.74, 6) is 0.0121. The number of rotatable bonds is 6. The summed E-state index contributed by atoms with van der Waals surface area (Å²) in [5, 5.41) is 9.38. The first-order valence-electron chi connectivity index (χ1n) is 8.04. The Balaban J connectivity index is 2.18. The summed E-state index contributed by atoms with van der Waals surface area (Å²) in [6.45, 7) is 7.08. The van der Waals surface area contributed by atoms with E-state index in [0.29, 0.717) is 13.0 Å². The lowest BCUT2D eigenvalue weighted by molar-refractivity contribution is 0.0768. The number of nitrogens with zero attached hydrogens (tertiary/aromatic N) is 2. The molecular formula is C19H26N2O2. The third-order valence-corrected chi connectivity index (χ3v) is 4.22. The van der Waals surface area contributed by atoms with Gasteiger partial charge in [0.15, 0.2) is 0 Å². The number of hydrogen-bond acceptors (Lipinski definition) is 2. The minimum atomic E-state index is -0.393. The molecule has 0 saturated carbocycles. The fourth-order valence-corrected chi connectivity index (χ4v) is 2.71. The van der Waals surface area contributed by atoms with Gasteiger partial charge >= 0.3 is 0 Å². The van der Waals surface area contributed by atoms with Gasteiger partial charge in [-0.25, -0.2) is 0 Å². The average Bonchev–Trinajstić information content (AvgIpc) is 2.81. The summed E-state index contributed by atoms with van der Waals surface area (Å²) < 4.78 is 2.17. The van der Waals surface area contributed by atoms with Crippen LogP contribution in [-0.4, -0.2) is 40.2 Å². The molecule has 0 spiro atoms. The Kier molecular flexibility index (Phi) is 5.61. The van der Waals surface area contributed by atoms with E-state index in [1.54, 1.807) is 18.9 Å². The minimum absolute atomic E-state index is 0.0121. The third-order valence-electron chi connectivity index (χ3n) is 4.22. The zero-order chi connectivity index (χ0) is 17.0. The van der Waals surface area contributed by atoms with Crippen molar-refractivity contribution in [3.05, 3.63) is 58.9 Å². The molecule has 1 amide bonds. The summed E-state index contributed by atoms with van der Waals surface area (Å²) >= 11 is 0. The first-order valence-corrected chi connectivity index (χ1v) is 8.04. The number of aliphatic hydroxyl groups is 1. The maximum Gasteiger partial charge on any atom is 0.255 e. The molecule has 1 atom stereocenters. The van der Waals surface area contributed by atoms with E-state index in [4.69, 9.17) is 0 Å². The maximum atomic E-state index is 12.6. The second-order valence-electron chi connectivity index (χ2n) is 6.22. The molecule has 0 aliphatic carbocycles. The van der Waals surface area contributed by atoms with Gasteiger partial charge in [-0.15, -0.1) is 0 Å². The van der Waals surface area contributed by atoms with Crippen molar-refractivity contribution >= 4 is 5.91 Å². The van der Waals surface area contributed by atoms with Gasteiger partial charge in [-0.1, -0.05) is 30.3 Å². The molecule has 1 aromatic carbocycles. The van der Waals surface area contributed by atoms with Crippen molar-refractivity contribution in [3.63, 3.8) is 0 Å². The van der Waals surface area contributed by atoms with Crippen molar-refractivity contribution in [3.8, 4) is 0 Å². The van der Waals surface area contributed by atoms with E-state index in [1.807, 2.05) is 38.1 Å². The average molecular weight is 314 g/mol. The minimum Gasteiger partial charge on any atom is -0.393 e. The Morgan fingerprint density at radius 1 is 1.26 bits per heavy atom. The van der Waals surface area contributed by atoms with E-state index in [2.05, 4.69) is 16.7 Å². The number of aryl methyl sites for hydroxylation is 1. The van der Waals surface area contributed by atoms with Gasteiger partial charge in [-0.3, -0.25) is 4.79 Å². The van der Waals surface area contributed by atoms with Crippen LogP contribution < -0.4 is 0 Å². The summed E-state index contributed by atoms with van der Waals surface area (Å²) in [7, 11) is 1.79. The van der Waals surface area contributed by atoms with Crippen LogP contribution in [0.4, 0.5) is 0 Å². The number of benzene rings is 1. The molecule has 0 fully saturated rings. The Morgan fingerprint density at radius 2 is 1.91 bits per heavy atom. The molecule has 2 aromatic rings. The highest BCUT2D eigenvalue weighted by molar-refractivity contribution is 5.95. The molecule has 1 unspecified atom stereocenters. The molecule has 0 bridgehead atoms. The fraction of sp³-hybridized carbons (Fsp3) is 0.421. The summed E-state index contributed by atoms with van der Waals surface area (Å²) in [6.07, 6.45) is 0.195. The van der Waals surface area contributed by atoms with Crippen LogP contribution in [0.1, 0.15) is 40.7 Å². The van der Waals surface area contributed by atoms with Gasteiger partial charge in [-0.2, -0.15) is 0 Å². The normalized spacial score (nSPS) is 12.2. The summed E-state index contributed by atoms with van der Waals surface area (Å²) in [4.78, 5) is 14.3. The van der Waals surface area contributed by atoms with E-state index in [9.17, 15) is 9.90 Å². The molecule has 23 heavy (non-hydrogen) atoms. The smallest absolute Gasteiger partial charge is 0.255 e. The number of hydrogen-bond donors (Lipinski definition) is 1. The van der Waals surface area contributed by atoms with E-state index >= 15 is 0 Å². The van der Waals surface area contributed by atoms with Crippen molar-refractivity contribution < 1.29 is 9.90 Å². The molecule has 124 valence electrons. The van der Waals surface area contributed by atoms with Gasteiger partial charge in [-0.05, 0) is 38.8 Å². The molecular weight excluding hydrogens is 288 g/mol. The number of carbonyl (C=O) groups excluding carboxylic acids is 1. The van der Waals surface area contributed by atoms with Crippen molar-refractivity contribution in [2.45, 2.75) is 39.8 Å². The molecule has 1 N–H and O–H groups in total. The number of aliphatic hydroxyl groups excluding tert-OH is 1. The standard InChI is InChI=1S/C19H26N2O2/c1-14-12-18(19(23)20(4)11-10-15(2)22)16(3)21(14)13-17-8-6-5-7-9-17/h5-9,12,15,22H,10-11,13H2,1-4H3. The zero-order valence-corrected chi connectivity index (χ0v) is 14.4. The monoisotopic (exact) mass is 314 g/mol. The Bertz CT molecular complexity index is 660. The summed E-state index contributed by atoms with van der Waals surface area (Å²) in [5.41, 5.74) is 4.03. The predicted octanol–water partition coefficient (Wildman–Crippen LogP) is 3.00. The number of aromatic nitrogens is 1. The Labute approximate surface area is 138 Å². The van der Waals surface area contributed by atoms with Crippen LogP contribution in [0.15, 0.2) is 36.4 Å². The Morgan fingerprint density at radius 3 is 2.52 bits per heavy atom. The molecule has 2 rings (SSSR count). The third kappa shape index (κ3) is 4.23. The Hall–Kier alpha value is -2.07. The highest BCUT2D eigenvalue weighted by Gasteiger charge is 2.19. The van der Waals surface area contributed by atoms with Gasteiger partial charge in [0.05, 0.1) is 11.7 Å². The van der Waals surface area contributed by atoms with Gasteiger partial charge in [0, 0.05) is 31.5 Å².